The van der Waals surface area contributed by atoms with Gasteiger partial charge in [-0.15, -0.1) is 0 Å². The molecule has 1 aromatic carbocycles. The molecule has 1 aliphatic carbocycles. The lowest BCUT2D eigenvalue weighted by Gasteiger charge is -2.34. The topological polar surface area (TPSA) is 49.9 Å². The second-order valence-corrected chi connectivity index (χ2v) is 10.1. The van der Waals surface area contributed by atoms with Crippen molar-refractivity contribution in [2.45, 2.75) is 36.8 Å². The van der Waals surface area contributed by atoms with Crippen LogP contribution in [0.15, 0.2) is 24.3 Å². The van der Waals surface area contributed by atoms with E-state index in [-0.39, 0.29) is 29.2 Å². The van der Waals surface area contributed by atoms with Crippen LogP contribution in [0.25, 0.3) is 0 Å². The third-order valence-electron chi connectivity index (χ3n) is 6.09. The predicted octanol–water partition coefficient (Wildman–Crippen LogP) is 1.45. The Kier molecular flexibility index (Phi) is 3.71. The van der Waals surface area contributed by atoms with Crippen LogP contribution in [-0.2, 0) is 21.3 Å². The number of ether oxygens (including phenoxy) is 1. The van der Waals surface area contributed by atoms with Crippen molar-refractivity contribution in [2.75, 3.05) is 26.2 Å². The van der Waals surface area contributed by atoms with Crippen molar-refractivity contribution in [1.29, 1.82) is 0 Å². The molecule has 5 nitrogen and oxygen atoms in total. The van der Waals surface area contributed by atoms with Crippen LogP contribution < -0.4 is 0 Å². The molecule has 0 N–H and O–H groups in total. The van der Waals surface area contributed by atoms with Crippen molar-refractivity contribution in [3.8, 4) is 0 Å². The molecule has 0 amide bonds. The summed E-state index contributed by atoms with van der Waals surface area (Å²) in [6, 6.07) is 6.53. The van der Waals surface area contributed by atoms with E-state index in [0.717, 1.165) is 24.9 Å². The third-order valence-corrected chi connectivity index (χ3v) is 8.45. The highest BCUT2D eigenvalue weighted by molar-refractivity contribution is 7.90. The molecular formula is C18H23FN2O3S. The van der Waals surface area contributed by atoms with Gasteiger partial charge in [-0.1, -0.05) is 12.1 Å². The van der Waals surface area contributed by atoms with Crippen molar-refractivity contribution in [3.63, 3.8) is 0 Å². The number of fused-ring (bicyclic) bond motifs is 5. The van der Waals surface area contributed by atoms with Crippen molar-refractivity contribution < 1.29 is 17.5 Å². The van der Waals surface area contributed by atoms with Gasteiger partial charge < -0.3 is 4.74 Å². The van der Waals surface area contributed by atoms with Gasteiger partial charge in [0.15, 0.2) is 0 Å². The van der Waals surface area contributed by atoms with Gasteiger partial charge in [-0.3, -0.25) is 4.90 Å². The molecule has 1 saturated carbocycles. The number of benzene rings is 1. The molecule has 0 spiro atoms. The van der Waals surface area contributed by atoms with Gasteiger partial charge >= 0.3 is 0 Å². The Morgan fingerprint density at radius 3 is 2.52 bits per heavy atom. The summed E-state index contributed by atoms with van der Waals surface area (Å²) in [5, 5.41) is -0.380. The van der Waals surface area contributed by atoms with Gasteiger partial charge in [0, 0.05) is 38.6 Å². The highest BCUT2D eigenvalue weighted by Gasteiger charge is 2.60. The summed E-state index contributed by atoms with van der Waals surface area (Å²) in [7, 11) is -3.24. The molecule has 0 unspecified atom stereocenters. The van der Waals surface area contributed by atoms with E-state index in [9.17, 15) is 12.8 Å². The van der Waals surface area contributed by atoms with E-state index in [4.69, 9.17) is 4.74 Å². The first-order valence-corrected chi connectivity index (χ1v) is 10.6. The van der Waals surface area contributed by atoms with Crippen molar-refractivity contribution in [3.05, 3.63) is 35.6 Å². The molecule has 3 saturated heterocycles. The number of hydrogen-bond acceptors (Lipinski definition) is 4. The zero-order chi connectivity index (χ0) is 17.2. The molecule has 5 rings (SSSR count). The van der Waals surface area contributed by atoms with Gasteiger partial charge in [0.05, 0.1) is 12.2 Å². The Labute approximate surface area is 147 Å². The maximum atomic E-state index is 13.1. The largest absolute Gasteiger partial charge is 0.371 e. The van der Waals surface area contributed by atoms with Crippen molar-refractivity contribution in [1.82, 2.24) is 9.21 Å². The monoisotopic (exact) mass is 366 g/mol. The molecule has 25 heavy (non-hydrogen) atoms. The first-order chi connectivity index (χ1) is 12.0. The number of sulfonamides is 1. The van der Waals surface area contributed by atoms with Crippen molar-refractivity contribution >= 4 is 10.0 Å². The minimum atomic E-state index is -3.24. The summed E-state index contributed by atoms with van der Waals surface area (Å²) in [6.07, 6.45) is 2.08. The predicted molar refractivity (Wildman–Crippen MR) is 90.8 cm³/mol. The number of morpholine rings is 1. The standard InChI is InChI=1S/C18H23FN2O3S/c19-14-5-3-12(4-6-14)7-20-10-16-15-9-21(8-13-1-2-13)25(22,23)18(15)17(11-20)24-16/h3-6,13,15-18H,1-2,7-11H2/t15-,16-,17-,18-/m1/s1. The average molecular weight is 366 g/mol. The molecule has 4 aliphatic rings. The maximum Gasteiger partial charge on any atom is 0.220 e. The zero-order valence-corrected chi connectivity index (χ0v) is 14.9. The average Bonchev–Trinajstić information content (AvgIpc) is 3.29. The molecule has 3 aliphatic heterocycles. The summed E-state index contributed by atoms with van der Waals surface area (Å²) in [4.78, 5) is 2.26. The fourth-order valence-electron chi connectivity index (χ4n) is 4.69. The minimum Gasteiger partial charge on any atom is -0.371 e. The van der Waals surface area contributed by atoms with Crippen LogP contribution in [-0.4, -0.2) is 61.3 Å². The fourth-order valence-corrected chi connectivity index (χ4v) is 7.07. The van der Waals surface area contributed by atoms with Crippen molar-refractivity contribution in [2.24, 2.45) is 11.8 Å². The lowest BCUT2D eigenvalue weighted by Crippen LogP contribution is -2.47. The number of hydrogen-bond donors (Lipinski definition) is 0. The Bertz CT molecular complexity index is 765. The van der Waals surface area contributed by atoms with Crippen LogP contribution in [0.2, 0.25) is 0 Å². The number of halogens is 1. The van der Waals surface area contributed by atoms with Crippen LogP contribution in [0.3, 0.4) is 0 Å². The van der Waals surface area contributed by atoms with Crippen LogP contribution >= 0.6 is 0 Å². The second-order valence-electron chi connectivity index (χ2n) is 7.97. The van der Waals surface area contributed by atoms with Crippen LogP contribution in [0, 0.1) is 17.7 Å². The molecule has 2 bridgehead atoms. The molecule has 136 valence electrons. The molecule has 0 radical (unpaired) electrons. The normalized spacial score (nSPS) is 37.3. The third kappa shape index (κ3) is 2.81. The maximum absolute atomic E-state index is 13.1. The summed E-state index contributed by atoms with van der Waals surface area (Å²) in [5.74, 6) is 0.429. The molecular weight excluding hydrogens is 343 g/mol. The molecule has 7 heteroatoms. The Balaban J connectivity index is 1.31. The van der Waals surface area contributed by atoms with E-state index in [2.05, 4.69) is 4.90 Å². The molecule has 4 fully saturated rings. The molecule has 3 heterocycles. The van der Waals surface area contributed by atoms with Gasteiger partial charge in [-0.2, -0.15) is 0 Å². The highest BCUT2D eigenvalue weighted by atomic mass is 32.2. The van der Waals surface area contributed by atoms with Gasteiger partial charge in [-0.25, -0.2) is 17.1 Å². The lowest BCUT2D eigenvalue weighted by molar-refractivity contribution is -0.0510. The smallest absolute Gasteiger partial charge is 0.220 e. The van der Waals surface area contributed by atoms with E-state index in [0.29, 0.717) is 32.1 Å². The van der Waals surface area contributed by atoms with Gasteiger partial charge in [-0.05, 0) is 36.5 Å². The summed E-state index contributed by atoms with van der Waals surface area (Å²) >= 11 is 0. The minimum absolute atomic E-state index is 0.0109. The van der Waals surface area contributed by atoms with Gasteiger partial charge in [0.1, 0.15) is 11.1 Å². The molecule has 0 aromatic heterocycles. The lowest BCUT2D eigenvalue weighted by atomic mass is 10.00. The van der Waals surface area contributed by atoms with E-state index < -0.39 is 10.0 Å². The molecule has 4 atom stereocenters. The second kappa shape index (κ2) is 5.74. The van der Waals surface area contributed by atoms with Gasteiger partial charge in [0.25, 0.3) is 0 Å². The Morgan fingerprint density at radius 2 is 1.80 bits per heavy atom. The van der Waals surface area contributed by atoms with E-state index in [1.165, 1.54) is 12.1 Å². The summed E-state index contributed by atoms with van der Waals surface area (Å²) < 4.78 is 46.8. The first-order valence-electron chi connectivity index (χ1n) is 9.12. The van der Waals surface area contributed by atoms with Gasteiger partial charge in [0.2, 0.25) is 10.0 Å². The van der Waals surface area contributed by atoms with E-state index in [1.54, 1.807) is 16.4 Å². The zero-order valence-electron chi connectivity index (χ0n) is 14.1. The summed E-state index contributed by atoms with van der Waals surface area (Å²) in [5.41, 5.74) is 1.05. The van der Waals surface area contributed by atoms with E-state index in [1.807, 2.05) is 0 Å². The fraction of sp³-hybridized carbons (Fsp3) is 0.667. The van der Waals surface area contributed by atoms with Crippen LogP contribution in [0.5, 0.6) is 0 Å². The SMILES string of the molecule is O=S1(=O)[C@@H]2[C@H](CN1CC1CC1)[C@H]1CN(Cc3ccc(F)cc3)C[C@H]2O1. The van der Waals surface area contributed by atoms with Crippen LogP contribution in [0.1, 0.15) is 18.4 Å². The number of likely N-dealkylation sites (tertiary alicyclic amines) is 1. The number of nitrogens with zero attached hydrogens (tertiary/aromatic N) is 2. The van der Waals surface area contributed by atoms with Crippen LogP contribution in [0.4, 0.5) is 4.39 Å². The highest BCUT2D eigenvalue weighted by Crippen LogP contribution is 2.44. The van der Waals surface area contributed by atoms with E-state index >= 15 is 0 Å². The quantitative estimate of drug-likeness (QED) is 0.809. The Hall–Kier alpha value is -1.02. The Morgan fingerprint density at radius 1 is 1.08 bits per heavy atom. The first kappa shape index (κ1) is 16.2. The molecule has 1 aromatic rings. The summed E-state index contributed by atoms with van der Waals surface area (Å²) in [6.45, 7) is 3.42. The number of rotatable bonds is 4.